The highest BCUT2D eigenvalue weighted by Crippen LogP contribution is 2.15. The zero-order valence-electron chi connectivity index (χ0n) is 9.16. The van der Waals surface area contributed by atoms with Crippen molar-refractivity contribution >= 4 is 11.8 Å². The summed E-state index contributed by atoms with van der Waals surface area (Å²) in [5, 5.41) is 0. The fourth-order valence-electron chi connectivity index (χ4n) is 1.56. The quantitative estimate of drug-likeness (QED) is 0.496. The van der Waals surface area contributed by atoms with Gasteiger partial charge in [0, 0.05) is 13.0 Å². The zero-order valence-corrected chi connectivity index (χ0v) is 9.16. The number of rotatable bonds is 6. The number of carbonyl (C=O) groups excluding carboxylic acids is 2. The van der Waals surface area contributed by atoms with Gasteiger partial charge in [0.15, 0.2) is 0 Å². The van der Waals surface area contributed by atoms with Crippen LogP contribution in [0.15, 0.2) is 0 Å². The molecule has 0 radical (unpaired) electrons. The lowest BCUT2D eigenvalue weighted by atomic mass is 10.2. The Morgan fingerprint density at radius 3 is 2.87 bits per heavy atom. The Balaban J connectivity index is 2.00. The van der Waals surface area contributed by atoms with Crippen LogP contribution in [0.1, 0.15) is 39.0 Å². The normalized spacial score (nSPS) is 20.2. The fourth-order valence-corrected chi connectivity index (χ4v) is 1.56. The third-order valence-electron chi connectivity index (χ3n) is 2.35. The molecule has 1 rings (SSSR count). The van der Waals surface area contributed by atoms with Gasteiger partial charge >= 0.3 is 5.97 Å². The molecule has 1 aliphatic heterocycles. The van der Waals surface area contributed by atoms with Crippen LogP contribution in [0.5, 0.6) is 0 Å². The maximum absolute atomic E-state index is 11.3. The molecule has 1 fully saturated rings. The molecule has 1 heterocycles. The maximum atomic E-state index is 11.3. The van der Waals surface area contributed by atoms with Gasteiger partial charge < -0.3 is 14.3 Å². The SMILES string of the molecule is CC(=O)CCCOC(=O)CC1CCCO1. The highest BCUT2D eigenvalue weighted by atomic mass is 16.5. The van der Waals surface area contributed by atoms with Crippen molar-refractivity contribution in [1.29, 1.82) is 0 Å². The van der Waals surface area contributed by atoms with Gasteiger partial charge in [0.05, 0.1) is 19.1 Å². The molecule has 0 aromatic carbocycles. The molecule has 0 aliphatic carbocycles. The van der Waals surface area contributed by atoms with Gasteiger partial charge in [-0.15, -0.1) is 0 Å². The van der Waals surface area contributed by atoms with Gasteiger partial charge in [0.25, 0.3) is 0 Å². The van der Waals surface area contributed by atoms with Crippen molar-refractivity contribution in [3.63, 3.8) is 0 Å². The van der Waals surface area contributed by atoms with Gasteiger partial charge in [-0.05, 0) is 26.2 Å². The highest BCUT2D eigenvalue weighted by molar-refractivity contribution is 5.75. The summed E-state index contributed by atoms with van der Waals surface area (Å²) in [6.45, 7) is 2.63. The molecule has 86 valence electrons. The Kier molecular flexibility index (Phi) is 5.32. The van der Waals surface area contributed by atoms with Crippen LogP contribution in [0.2, 0.25) is 0 Å². The molecule has 1 atom stereocenters. The Labute approximate surface area is 89.9 Å². The number of hydrogen-bond donors (Lipinski definition) is 0. The number of carbonyl (C=O) groups is 2. The molecule has 0 amide bonds. The summed E-state index contributed by atoms with van der Waals surface area (Å²) in [5.41, 5.74) is 0. The topological polar surface area (TPSA) is 52.6 Å². The van der Waals surface area contributed by atoms with Crippen LogP contribution in [0, 0.1) is 0 Å². The molecule has 4 nitrogen and oxygen atoms in total. The summed E-state index contributed by atoms with van der Waals surface area (Å²) < 4.78 is 10.3. The first kappa shape index (κ1) is 12.2. The summed E-state index contributed by atoms with van der Waals surface area (Å²) in [4.78, 5) is 21.9. The Morgan fingerprint density at radius 2 is 2.27 bits per heavy atom. The monoisotopic (exact) mass is 214 g/mol. The second kappa shape index (κ2) is 6.56. The lowest BCUT2D eigenvalue weighted by Gasteiger charge is -2.08. The molecule has 1 aliphatic rings. The molecule has 0 spiro atoms. The first-order valence-electron chi connectivity index (χ1n) is 5.45. The van der Waals surface area contributed by atoms with E-state index in [1.54, 1.807) is 0 Å². The minimum atomic E-state index is -0.217. The van der Waals surface area contributed by atoms with E-state index in [1.807, 2.05) is 0 Å². The fraction of sp³-hybridized carbons (Fsp3) is 0.818. The van der Waals surface area contributed by atoms with E-state index in [0.29, 0.717) is 25.9 Å². The van der Waals surface area contributed by atoms with Crippen molar-refractivity contribution in [3.05, 3.63) is 0 Å². The van der Waals surface area contributed by atoms with E-state index in [1.165, 1.54) is 6.92 Å². The molecule has 0 N–H and O–H groups in total. The zero-order chi connectivity index (χ0) is 11.1. The van der Waals surface area contributed by atoms with Crippen LogP contribution in [0.3, 0.4) is 0 Å². The highest BCUT2D eigenvalue weighted by Gasteiger charge is 2.19. The lowest BCUT2D eigenvalue weighted by molar-refractivity contribution is -0.146. The smallest absolute Gasteiger partial charge is 0.308 e. The van der Waals surface area contributed by atoms with E-state index >= 15 is 0 Å². The van der Waals surface area contributed by atoms with Crippen molar-refractivity contribution in [2.24, 2.45) is 0 Å². The minimum absolute atomic E-state index is 0.0466. The van der Waals surface area contributed by atoms with Crippen molar-refractivity contribution in [3.8, 4) is 0 Å². The van der Waals surface area contributed by atoms with Gasteiger partial charge in [-0.25, -0.2) is 0 Å². The van der Waals surface area contributed by atoms with Crippen molar-refractivity contribution in [1.82, 2.24) is 0 Å². The standard InChI is InChI=1S/C11H18O4/c1-9(12)4-2-7-15-11(13)8-10-5-3-6-14-10/h10H,2-8H2,1H3. The van der Waals surface area contributed by atoms with Crippen LogP contribution in [-0.2, 0) is 19.1 Å². The molecular weight excluding hydrogens is 196 g/mol. The molecular formula is C11H18O4. The number of ketones is 1. The summed E-state index contributed by atoms with van der Waals surface area (Å²) in [5.74, 6) is -0.0874. The van der Waals surface area contributed by atoms with Crippen LogP contribution in [0.4, 0.5) is 0 Å². The average Bonchev–Trinajstić information content (AvgIpc) is 2.64. The second-order valence-electron chi connectivity index (χ2n) is 3.87. The van der Waals surface area contributed by atoms with Crippen molar-refractivity contribution < 1.29 is 19.1 Å². The van der Waals surface area contributed by atoms with Gasteiger partial charge in [0.2, 0.25) is 0 Å². The Bertz CT molecular complexity index is 219. The van der Waals surface area contributed by atoms with Crippen LogP contribution < -0.4 is 0 Å². The summed E-state index contributed by atoms with van der Waals surface area (Å²) >= 11 is 0. The minimum Gasteiger partial charge on any atom is -0.466 e. The summed E-state index contributed by atoms with van der Waals surface area (Å²) in [6.07, 6.45) is 3.47. The molecule has 0 aromatic rings. The van der Waals surface area contributed by atoms with E-state index in [2.05, 4.69) is 0 Å². The van der Waals surface area contributed by atoms with Crippen molar-refractivity contribution in [2.45, 2.75) is 45.1 Å². The first-order valence-corrected chi connectivity index (χ1v) is 5.45. The van der Waals surface area contributed by atoms with E-state index in [4.69, 9.17) is 9.47 Å². The van der Waals surface area contributed by atoms with Crippen LogP contribution >= 0.6 is 0 Å². The molecule has 1 saturated heterocycles. The molecule has 15 heavy (non-hydrogen) atoms. The largest absolute Gasteiger partial charge is 0.466 e. The molecule has 0 bridgehead atoms. The predicted molar refractivity (Wildman–Crippen MR) is 54.5 cm³/mol. The Morgan fingerprint density at radius 1 is 1.47 bits per heavy atom. The lowest BCUT2D eigenvalue weighted by Crippen LogP contribution is -2.15. The number of esters is 1. The third-order valence-corrected chi connectivity index (χ3v) is 2.35. The molecule has 1 unspecified atom stereocenters. The van der Waals surface area contributed by atoms with Gasteiger partial charge in [-0.3, -0.25) is 4.79 Å². The predicted octanol–water partition coefficient (Wildman–Crippen LogP) is 1.47. The van der Waals surface area contributed by atoms with Crippen LogP contribution in [-0.4, -0.2) is 31.1 Å². The maximum Gasteiger partial charge on any atom is 0.308 e. The van der Waals surface area contributed by atoms with E-state index in [-0.39, 0.29) is 17.9 Å². The first-order chi connectivity index (χ1) is 7.18. The van der Waals surface area contributed by atoms with Gasteiger partial charge in [0.1, 0.15) is 5.78 Å². The summed E-state index contributed by atoms with van der Waals surface area (Å²) in [7, 11) is 0. The van der Waals surface area contributed by atoms with E-state index in [0.717, 1.165) is 19.4 Å². The average molecular weight is 214 g/mol. The van der Waals surface area contributed by atoms with Gasteiger partial charge in [-0.1, -0.05) is 0 Å². The molecule has 0 saturated carbocycles. The van der Waals surface area contributed by atoms with Crippen molar-refractivity contribution in [2.75, 3.05) is 13.2 Å². The Hall–Kier alpha value is -0.900. The second-order valence-corrected chi connectivity index (χ2v) is 3.87. The molecule has 0 aromatic heterocycles. The van der Waals surface area contributed by atoms with Crippen LogP contribution in [0.25, 0.3) is 0 Å². The summed E-state index contributed by atoms with van der Waals surface area (Å²) in [6, 6.07) is 0. The molecule has 4 heteroatoms. The number of Topliss-reactive ketones (excluding diaryl/α,β-unsaturated/α-hetero) is 1. The van der Waals surface area contributed by atoms with E-state index in [9.17, 15) is 9.59 Å². The number of ether oxygens (including phenoxy) is 2. The third kappa shape index (κ3) is 5.52. The number of hydrogen-bond acceptors (Lipinski definition) is 4. The van der Waals surface area contributed by atoms with E-state index < -0.39 is 0 Å². The van der Waals surface area contributed by atoms with Gasteiger partial charge in [-0.2, -0.15) is 0 Å².